The van der Waals surface area contributed by atoms with Gasteiger partial charge in [-0.1, -0.05) is 6.07 Å². The minimum atomic E-state index is 0.239. The molecule has 0 unspecified atom stereocenters. The number of fused-ring (bicyclic) bond motifs is 1. The first-order valence-corrected chi connectivity index (χ1v) is 7.71. The van der Waals surface area contributed by atoms with E-state index in [0.29, 0.717) is 13.0 Å². The van der Waals surface area contributed by atoms with E-state index in [1.54, 1.807) is 6.92 Å². The van der Waals surface area contributed by atoms with Crippen molar-refractivity contribution in [3.05, 3.63) is 18.2 Å². The van der Waals surface area contributed by atoms with E-state index in [0.717, 1.165) is 50.7 Å². The van der Waals surface area contributed by atoms with Crippen LogP contribution < -0.4 is 19.9 Å². The number of benzene rings is 1. The summed E-state index contributed by atoms with van der Waals surface area (Å²) >= 11 is 0. The Morgan fingerprint density at radius 2 is 2.10 bits per heavy atom. The summed E-state index contributed by atoms with van der Waals surface area (Å²) in [6.45, 7) is 8.02. The predicted octanol–water partition coefficient (Wildman–Crippen LogP) is 1.27. The third-order valence-corrected chi connectivity index (χ3v) is 4.10. The summed E-state index contributed by atoms with van der Waals surface area (Å²) in [5.41, 5.74) is 2.39. The standard InChI is InChI=1S/C16H23N3O2/c1-13(20)5-8-19-11-12-21-15-4-2-3-14(16(15)19)18-9-6-17-7-10-18/h2-4,17H,5-12H2,1H3. The minimum Gasteiger partial charge on any atom is -0.489 e. The van der Waals surface area contributed by atoms with Crippen molar-refractivity contribution in [2.75, 3.05) is 55.7 Å². The number of Topliss-reactive ketones (excluding diaryl/α,β-unsaturated/α-hetero) is 1. The number of hydrogen-bond acceptors (Lipinski definition) is 5. The van der Waals surface area contributed by atoms with Crippen molar-refractivity contribution in [1.29, 1.82) is 0 Å². The number of nitrogens with zero attached hydrogens (tertiary/aromatic N) is 2. The second-order valence-electron chi connectivity index (χ2n) is 5.65. The molecule has 5 heteroatoms. The fourth-order valence-corrected chi connectivity index (χ4v) is 3.00. The molecular weight excluding hydrogens is 266 g/mol. The van der Waals surface area contributed by atoms with Crippen molar-refractivity contribution < 1.29 is 9.53 Å². The lowest BCUT2D eigenvalue weighted by Crippen LogP contribution is -2.45. The fourth-order valence-electron chi connectivity index (χ4n) is 3.00. The monoisotopic (exact) mass is 289 g/mol. The average Bonchev–Trinajstić information content (AvgIpc) is 2.53. The second-order valence-corrected chi connectivity index (χ2v) is 5.65. The van der Waals surface area contributed by atoms with Gasteiger partial charge in [0.05, 0.1) is 12.2 Å². The van der Waals surface area contributed by atoms with Crippen molar-refractivity contribution in [2.45, 2.75) is 13.3 Å². The Balaban J connectivity index is 1.89. The van der Waals surface area contributed by atoms with Gasteiger partial charge < -0.3 is 19.9 Å². The highest BCUT2D eigenvalue weighted by Crippen LogP contribution is 2.40. The van der Waals surface area contributed by atoms with E-state index in [1.165, 1.54) is 5.69 Å². The molecule has 0 aromatic heterocycles. The van der Waals surface area contributed by atoms with E-state index in [2.05, 4.69) is 27.2 Å². The molecule has 0 aliphatic carbocycles. The van der Waals surface area contributed by atoms with E-state index in [4.69, 9.17) is 4.74 Å². The van der Waals surface area contributed by atoms with Crippen molar-refractivity contribution in [3.63, 3.8) is 0 Å². The number of anilines is 2. The highest BCUT2D eigenvalue weighted by molar-refractivity contribution is 5.80. The first-order chi connectivity index (χ1) is 10.3. The highest BCUT2D eigenvalue weighted by Gasteiger charge is 2.24. The van der Waals surface area contributed by atoms with Gasteiger partial charge in [0.25, 0.3) is 0 Å². The number of nitrogens with one attached hydrogen (secondary N) is 1. The summed E-state index contributed by atoms with van der Waals surface area (Å²) in [6, 6.07) is 6.26. The molecule has 2 aliphatic rings. The SMILES string of the molecule is CC(=O)CCN1CCOc2cccc(N3CCNCC3)c21. The van der Waals surface area contributed by atoms with Gasteiger partial charge in [-0.15, -0.1) is 0 Å². The summed E-state index contributed by atoms with van der Waals surface area (Å²) in [5.74, 6) is 1.18. The zero-order valence-electron chi connectivity index (χ0n) is 12.6. The Kier molecular flexibility index (Phi) is 4.29. The number of ether oxygens (including phenoxy) is 1. The van der Waals surface area contributed by atoms with E-state index in [-0.39, 0.29) is 5.78 Å². The maximum Gasteiger partial charge on any atom is 0.144 e. The molecule has 0 bridgehead atoms. The number of piperazine rings is 1. The molecule has 0 atom stereocenters. The average molecular weight is 289 g/mol. The highest BCUT2D eigenvalue weighted by atomic mass is 16.5. The Morgan fingerprint density at radius 3 is 2.86 bits per heavy atom. The third-order valence-electron chi connectivity index (χ3n) is 4.10. The zero-order valence-corrected chi connectivity index (χ0v) is 12.6. The minimum absolute atomic E-state index is 0.239. The first kappa shape index (κ1) is 14.2. The van der Waals surface area contributed by atoms with Crippen LogP contribution in [0.3, 0.4) is 0 Å². The van der Waals surface area contributed by atoms with Gasteiger partial charge in [0.2, 0.25) is 0 Å². The maximum atomic E-state index is 11.3. The molecule has 114 valence electrons. The van der Waals surface area contributed by atoms with Gasteiger partial charge in [0, 0.05) is 39.1 Å². The number of hydrogen-bond donors (Lipinski definition) is 1. The molecule has 1 fully saturated rings. The molecule has 3 rings (SSSR count). The normalized spacial score (nSPS) is 18.1. The molecular formula is C16H23N3O2. The van der Waals surface area contributed by atoms with Gasteiger partial charge in [0.15, 0.2) is 0 Å². The summed E-state index contributed by atoms with van der Waals surface area (Å²) in [6.07, 6.45) is 0.593. The summed E-state index contributed by atoms with van der Waals surface area (Å²) in [4.78, 5) is 16.0. The van der Waals surface area contributed by atoms with Crippen LogP contribution in [0.15, 0.2) is 18.2 Å². The van der Waals surface area contributed by atoms with Crippen LogP contribution >= 0.6 is 0 Å². The quantitative estimate of drug-likeness (QED) is 0.904. The molecule has 2 aliphatic heterocycles. The van der Waals surface area contributed by atoms with Crippen molar-refractivity contribution in [3.8, 4) is 5.75 Å². The van der Waals surface area contributed by atoms with Crippen LogP contribution in [-0.4, -0.2) is 51.7 Å². The Hall–Kier alpha value is -1.75. The Labute approximate surface area is 125 Å². The van der Waals surface area contributed by atoms with Crippen molar-refractivity contribution in [1.82, 2.24) is 5.32 Å². The van der Waals surface area contributed by atoms with Crippen molar-refractivity contribution >= 4 is 17.2 Å². The Morgan fingerprint density at radius 1 is 1.29 bits per heavy atom. The topological polar surface area (TPSA) is 44.8 Å². The van der Waals surface area contributed by atoms with Gasteiger partial charge in [-0.2, -0.15) is 0 Å². The van der Waals surface area contributed by atoms with Gasteiger partial charge in [-0.3, -0.25) is 4.79 Å². The molecule has 5 nitrogen and oxygen atoms in total. The van der Waals surface area contributed by atoms with Crippen LogP contribution in [0, 0.1) is 0 Å². The number of rotatable bonds is 4. The largest absolute Gasteiger partial charge is 0.489 e. The molecule has 1 saturated heterocycles. The lowest BCUT2D eigenvalue weighted by molar-refractivity contribution is -0.116. The molecule has 0 spiro atoms. The Bertz CT molecular complexity index is 512. The summed E-state index contributed by atoms with van der Waals surface area (Å²) in [7, 11) is 0. The second kappa shape index (κ2) is 6.35. The van der Waals surface area contributed by atoms with E-state index in [1.807, 2.05) is 6.07 Å². The number of para-hydroxylation sites is 1. The molecule has 1 aromatic rings. The first-order valence-electron chi connectivity index (χ1n) is 7.71. The lowest BCUT2D eigenvalue weighted by atomic mass is 10.1. The summed E-state index contributed by atoms with van der Waals surface area (Å²) in [5, 5.41) is 3.38. The van der Waals surface area contributed by atoms with E-state index < -0.39 is 0 Å². The molecule has 0 saturated carbocycles. The maximum absolute atomic E-state index is 11.3. The van der Waals surface area contributed by atoms with E-state index in [9.17, 15) is 4.79 Å². The molecule has 1 N–H and O–H groups in total. The molecule has 21 heavy (non-hydrogen) atoms. The van der Waals surface area contributed by atoms with E-state index >= 15 is 0 Å². The van der Waals surface area contributed by atoms with Gasteiger partial charge >= 0.3 is 0 Å². The number of carbonyl (C=O) groups is 1. The van der Waals surface area contributed by atoms with Crippen LogP contribution in [0.25, 0.3) is 0 Å². The molecule has 0 amide bonds. The van der Waals surface area contributed by atoms with Crippen LogP contribution in [0.4, 0.5) is 11.4 Å². The zero-order chi connectivity index (χ0) is 14.7. The molecule has 2 heterocycles. The molecule has 1 aromatic carbocycles. The number of ketones is 1. The van der Waals surface area contributed by atoms with Crippen molar-refractivity contribution in [2.24, 2.45) is 0 Å². The predicted molar refractivity (Wildman–Crippen MR) is 84.5 cm³/mol. The van der Waals surface area contributed by atoms with Crippen LogP contribution in [0.5, 0.6) is 5.75 Å². The van der Waals surface area contributed by atoms with Crippen LogP contribution in [-0.2, 0) is 4.79 Å². The molecule has 0 radical (unpaired) electrons. The van der Waals surface area contributed by atoms with Gasteiger partial charge in [0.1, 0.15) is 23.8 Å². The van der Waals surface area contributed by atoms with Gasteiger partial charge in [-0.05, 0) is 19.1 Å². The van der Waals surface area contributed by atoms with Crippen LogP contribution in [0.1, 0.15) is 13.3 Å². The fraction of sp³-hybridized carbons (Fsp3) is 0.562. The summed E-state index contributed by atoms with van der Waals surface area (Å²) < 4.78 is 5.82. The smallest absolute Gasteiger partial charge is 0.144 e. The van der Waals surface area contributed by atoms with Crippen LogP contribution in [0.2, 0.25) is 0 Å². The van der Waals surface area contributed by atoms with Gasteiger partial charge in [-0.25, -0.2) is 0 Å². The third kappa shape index (κ3) is 3.13. The lowest BCUT2D eigenvalue weighted by Gasteiger charge is -2.37. The number of carbonyl (C=O) groups excluding carboxylic acids is 1.